The van der Waals surface area contributed by atoms with Crippen molar-refractivity contribution >= 4 is 23.2 Å². The van der Waals surface area contributed by atoms with Crippen molar-refractivity contribution in [1.82, 2.24) is 0 Å². The number of benzene rings is 1. The average molecular weight is 315 g/mol. The molecule has 0 radical (unpaired) electrons. The van der Waals surface area contributed by atoms with Crippen LogP contribution in [0.5, 0.6) is 0 Å². The fourth-order valence-electron chi connectivity index (χ4n) is 2.76. The normalized spacial score (nSPS) is 21.3. The van der Waals surface area contributed by atoms with E-state index in [-0.39, 0.29) is 24.4 Å². The highest BCUT2D eigenvalue weighted by atomic mass is 19.1. The number of rotatable bonds is 3. The minimum Gasteiger partial charge on any atom is -0.469 e. The van der Waals surface area contributed by atoms with Crippen molar-refractivity contribution in [2.75, 3.05) is 5.32 Å². The Hall–Kier alpha value is -2.76. The monoisotopic (exact) mass is 315 g/mol. The molecule has 23 heavy (non-hydrogen) atoms. The van der Waals surface area contributed by atoms with E-state index in [1.54, 1.807) is 18.2 Å². The molecule has 0 saturated heterocycles. The first kappa shape index (κ1) is 15.1. The second-order valence-electron chi connectivity index (χ2n) is 5.46. The molecular formula is C17H14FNO4. The van der Waals surface area contributed by atoms with Crippen molar-refractivity contribution in [2.24, 2.45) is 5.92 Å². The fourth-order valence-corrected chi connectivity index (χ4v) is 2.76. The maximum atomic E-state index is 13.6. The van der Waals surface area contributed by atoms with E-state index in [9.17, 15) is 18.8 Å². The summed E-state index contributed by atoms with van der Waals surface area (Å²) in [5.74, 6) is -3.54. The van der Waals surface area contributed by atoms with E-state index in [0.717, 1.165) is 0 Å². The molecule has 0 spiro atoms. The van der Waals surface area contributed by atoms with E-state index in [0.29, 0.717) is 5.76 Å². The van der Waals surface area contributed by atoms with Crippen LogP contribution in [0.4, 0.5) is 10.1 Å². The minimum atomic E-state index is -1.39. The molecule has 6 heteroatoms. The van der Waals surface area contributed by atoms with Crippen molar-refractivity contribution in [3.05, 3.63) is 54.2 Å². The van der Waals surface area contributed by atoms with Crippen LogP contribution < -0.4 is 5.32 Å². The topological polar surface area (TPSA) is 76.4 Å². The van der Waals surface area contributed by atoms with Crippen molar-refractivity contribution in [1.29, 1.82) is 0 Å². The van der Waals surface area contributed by atoms with Gasteiger partial charge in [-0.05, 0) is 24.3 Å². The standard InChI is InChI=1S/C17H14FNO4/c18-11-4-1-2-5-12(11)19-17(22)16-13(20)8-10(9-14(16)21)15-6-3-7-23-15/h1-7,10,16H,8-9H2,(H,19,22). The number of hydrogen-bond donors (Lipinski definition) is 1. The number of carbonyl (C=O) groups is 3. The van der Waals surface area contributed by atoms with Crippen LogP contribution >= 0.6 is 0 Å². The highest BCUT2D eigenvalue weighted by Gasteiger charge is 2.41. The Morgan fingerprint density at radius 2 is 1.78 bits per heavy atom. The number of nitrogens with one attached hydrogen (secondary N) is 1. The molecule has 1 aliphatic carbocycles. The van der Waals surface area contributed by atoms with Gasteiger partial charge in [-0.2, -0.15) is 0 Å². The van der Waals surface area contributed by atoms with Crippen LogP contribution in [-0.4, -0.2) is 17.5 Å². The number of anilines is 1. The Morgan fingerprint density at radius 1 is 1.09 bits per heavy atom. The van der Waals surface area contributed by atoms with Gasteiger partial charge in [0.1, 0.15) is 11.6 Å². The van der Waals surface area contributed by atoms with E-state index < -0.39 is 29.2 Å². The quantitative estimate of drug-likeness (QED) is 0.884. The maximum absolute atomic E-state index is 13.6. The molecule has 0 bridgehead atoms. The van der Waals surface area contributed by atoms with Crippen LogP contribution in [0.1, 0.15) is 24.5 Å². The van der Waals surface area contributed by atoms with Gasteiger partial charge in [0, 0.05) is 18.8 Å². The summed E-state index contributed by atoms with van der Waals surface area (Å²) < 4.78 is 18.8. The lowest BCUT2D eigenvalue weighted by molar-refractivity contribution is -0.141. The molecular weight excluding hydrogens is 301 g/mol. The Labute approximate surface area is 131 Å². The first-order valence-electron chi connectivity index (χ1n) is 7.20. The van der Waals surface area contributed by atoms with Crippen molar-refractivity contribution in [2.45, 2.75) is 18.8 Å². The number of amides is 1. The predicted molar refractivity (Wildman–Crippen MR) is 79.2 cm³/mol. The zero-order valence-electron chi connectivity index (χ0n) is 12.1. The number of hydrogen-bond acceptors (Lipinski definition) is 4. The zero-order chi connectivity index (χ0) is 16.4. The van der Waals surface area contributed by atoms with Crippen LogP contribution in [-0.2, 0) is 14.4 Å². The predicted octanol–water partition coefficient (Wildman–Crippen LogP) is 2.69. The van der Waals surface area contributed by atoms with Gasteiger partial charge in [-0.15, -0.1) is 0 Å². The SMILES string of the molecule is O=C1CC(c2ccco2)CC(=O)C1C(=O)Nc1ccccc1F. The first-order valence-corrected chi connectivity index (χ1v) is 7.20. The molecule has 1 saturated carbocycles. The summed E-state index contributed by atoms with van der Waals surface area (Å²) in [6.45, 7) is 0. The highest BCUT2D eigenvalue weighted by Crippen LogP contribution is 2.32. The third-order valence-electron chi connectivity index (χ3n) is 3.88. The van der Waals surface area contributed by atoms with Crippen LogP contribution in [0.15, 0.2) is 47.1 Å². The molecule has 0 unspecified atom stereocenters. The summed E-state index contributed by atoms with van der Waals surface area (Å²) in [5, 5.41) is 2.31. The van der Waals surface area contributed by atoms with Gasteiger partial charge in [0.25, 0.3) is 0 Å². The molecule has 1 aromatic carbocycles. The molecule has 1 N–H and O–H groups in total. The molecule has 1 aliphatic rings. The largest absolute Gasteiger partial charge is 0.469 e. The second kappa shape index (κ2) is 6.16. The summed E-state index contributed by atoms with van der Waals surface area (Å²) in [4.78, 5) is 36.6. The maximum Gasteiger partial charge on any atom is 0.242 e. The van der Waals surface area contributed by atoms with E-state index in [1.165, 1.54) is 24.5 Å². The zero-order valence-corrected chi connectivity index (χ0v) is 12.1. The van der Waals surface area contributed by atoms with Gasteiger partial charge in [-0.1, -0.05) is 12.1 Å². The number of carbonyl (C=O) groups excluding carboxylic acids is 3. The Morgan fingerprint density at radius 3 is 2.39 bits per heavy atom. The Balaban J connectivity index is 1.73. The fraction of sp³-hybridized carbons (Fsp3) is 0.235. The molecule has 118 valence electrons. The number of furan rings is 1. The van der Waals surface area contributed by atoms with E-state index in [2.05, 4.69) is 5.32 Å². The van der Waals surface area contributed by atoms with Gasteiger partial charge in [-0.25, -0.2) is 4.39 Å². The molecule has 1 aromatic heterocycles. The lowest BCUT2D eigenvalue weighted by Crippen LogP contribution is -2.41. The Kier molecular flexibility index (Phi) is 4.06. The number of halogens is 1. The van der Waals surface area contributed by atoms with E-state index in [4.69, 9.17) is 4.42 Å². The van der Waals surface area contributed by atoms with Crippen molar-refractivity contribution in [3.63, 3.8) is 0 Å². The van der Waals surface area contributed by atoms with Gasteiger partial charge >= 0.3 is 0 Å². The number of para-hydroxylation sites is 1. The number of Topliss-reactive ketones (excluding diaryl/α,β-unsaturated/α-hetero) is 2. The molecule has 1 fully saturated rings. The van der Waals surface area contributed by atoms with Gasteiger partial charge in [0.15, 0.2) is 17.5 Å². The molecule has 1 heterocycles. The molecule has 5 nitrogen and oxygen atoms in total. The van der Waals surface area contributed by atoms with Crippen molar-refractivity contribution < 1.29 is 23.2 Å². The van der Waals surface area contributed by atoms with Crippen LogP contribution in [0.25, 0.3) is 0 Å². The van der Waals surface area contributed by atoms with Crippen LogP contribution in [0.2, 0.25) is 0 Å². The summed E-state index contributed by atoms with van der Waals surface area (Å²) in [6, 6.07) is 8.97. The lowest BCUT2D eigenvalue weighted by Gasteiger charge is -2.24. The van der Waals surface area contributed by atoms with Gasteiger partial charge in [0.2, 0.25) is 5.91 Å². The summed E-state index contributed by atoms with van der Waals surface area (Å²) >= 11 is 0. The molecule has 0 atom stereocenters. The molecule has 1 amide bonds. The van der Waals surface area contributed by atoms with E-state index in [1.807, 2.05) is 0 Å². The van der Waals surface area contributed by atoms with Crippen LogP contribution in [0.3, 0.4) is 0 Å². The summed E-state index contributed by atoms with van der Waals surface area (Å²) in [6.07, 6.45) is 1.57. The summed E-state index contributed by atoms with van der Waals surface area (Å²) in [7, 11) is 0. The molecule has 2 aromatic rings. The third kappa shape index (κ3) is 3.06. The summed E-state index contributed by atoms with van der Waals surface area (Å²) in [5.41, 5.74) is -0.0498. The molecule has 0 aliphatic heterocycles. The van der Waals surface area contributed by atoms with Gasteiger partial charge < -0.3 is 9.73 Å². The Bertz CT molecular complexity index is 736. The highest BCUT2D eigenvalue weighted by molar-refractivity contribution is 6.23. The first-order chi connectivity index (χ1) is 11.1. The third-order valence-corrected chi connectivity index (χ3v) is 3.88. The van der Waals surface area contributed by atoms with Crippen LogP contribution in [0, 0.1) is 11.7 Å². The van der Waals surface area contributed by atoms with Crippen molar-refractivity contribution in [3.8, 4) is 0 Å². The second-order valence-corrected chi connectivity index (χ2v) is 5.46. The average Bonchev–Trinajstić information content (AvgIpc) is 3.03. The smallest absolute Gasteiger partial charge is 0.242 e. The lowest BCUT2D eigenvalue weighted by atomic mass is 9.78. The number of ketones is 2. The molecule has 3 rings (SSSR count). The van der Waals surface area contributed by atoms with Gasteiger partial charge in [0.05, 0.1) is 12.0 Å². The van der Waals surface area contributed by atoms with Gasteiger partial charge in [-0.3, -0.25) is 14.4 Å². The van der Waals surface area contributed by atoms with E-state index >= 15 is 0 Å². The minimum absolute atomic E-state index is 0.0498.